The van der Waals surface area contributed by atoms with E-state index in [4.69, 9.17) is 21.1 Å². The molecule has 25 heavy (non-hydrogen) atoms. The number of aliphatic carboxylic acids is 1. The Hall–Kier alpha value is -2.60. The Kier molecular flexibility index (Phi) is 3.65. The second kappa shape index (κ2) is 5.74. The summed E-state index contributed by atoms with van der Waals surface area (Å²) in [7, 11) is 0. The van der Waals surface area contributed by atoms with Crippen molar-refractivity contribution in [3.05, 3.63) is 51.4 Å². The van der Waals surface area contributed by atoms with Gasteiger partial charge in [-0.3, -0.25) is 9.59 Å². The van der Waals surface area contributed by atoms with Gasteiger partial charge in [0.25, 0.3) is 0 Å². The molecular weight excluding hydrogens is 349 g/mol. The zero-order valence-electron chi connectivity index (χ0n) is 13.0. The van der Waals surface area contributed by atoms with Crippen LogP contribution in [-0.4, -0.2) is 24.2 Å². The largest absolute Gasteiger partial charge is 0.481 e. The minimum absolute atomic E-state index is 0.0338. The van der Waals surface area contributed by atoms with E-state index in [1.54, 1.807) is 18.2 Å². The van der Waals surface area contributed by atoms with Gasteiger partial charge in [-0.2, -0.15) is 0 Å². The van der Waals surface area contributed by atoms with E-state index in [0.717, 1.165) is 17.8 Å². The number of rotatable bonds is 2. The van der Waals surface area contributed by atoms with Crippen molar-refractivity contribution >= 4 is 45.2 Å². The van der Waals surface area contributed by atoms with Gasteiger partial charge < -0.3 is 14.4 Å². The molecule has 1 fully saturated rings. The van der Waals surface area contributed by atoms with Crippen molar-refractivity contribution in [3.63, 3.8) is 0 Å². The van der Waals surface area contributed by atoms with Gasteiger partial charge in [0.15, 0.2) is 5.58 Å². The monoisotopic (exact) mass is 361 g/mol. The number of fused-ring (bicyclic) bond motifs is 2. The summed E-state index contributed by atoms with van der Waals surface area (Å²) >= 11 is 6.01. The molecule has 0 aliphatic carbocycles. The Morgan fingerprint density at radius 1 is 1.28 bits per heavy atom. The van der Waals surface area contributed by atoms with Gasteiger partial charge in [0.05, 0.1) is 21.7 Å². The van der Waals surface area contributed by atoms with Crippen LogP contribution in [0, 0.1) is 11.7 Å². The standard InChI is InChI=1S/C18H13ClFNO4/c19-14-6-10(20)5-13-16(22)12-2-1-11(7-15(12)25-17(13)14)21-4-3-9(8-21)18(23)24/h1-2,5-7,9H,3-4,8H2,(H,23,24). The van der Waals surface area contributed by atoms with Crippen molar-refractivity contribution in [1.29, 1.82) is 0 Å². The van der Waals surface area contributed by atoms with Crippen molar-refractivity contribution in [2.45, 2.75) is 6.42 Å². The molecule has 0 bridgehead atoms. The molecule has 2 aromatic carbocycles. The molecule has 0 radical (unpaired) electrons. The highest BCUT2D eigenvalue weighted by Crippen LogP contribution is 2.30. The van der Waals surface area contributed by atoms with Crippen LogP contribution in [0.25, 0.3) is 21.9 Å². The van der Waals surface area contributed by atoms with Crippen LogP contribution in [0.3, 0.4) is 0 Å². The topological polar surface area (TPSA) is 70.8 Å². The Morgan fingerprint density at radius 2 is 2.08 bits per heavy atom. The molecule has 1 N–H and O–H groups in total. The van der Waals surface area contributed by atoms with E-state index >= 15 is 0 Å². The average molecular weight is 362 g/mol. The highest BCUT2D eigenvalue weighted by atomic mass is 35.5. The molecule has 1 aromatic heterocycles. The first-order valence-corrected chi connectivity index (χ1v) is 8.15. The van der Waals surface area contributed by atoms with Crippen LogP contribution in [0.4, 0.5) is 10.1 Å². The molecule has 1 aliphatic rings. The third kappa shape index (κ3) is 2.62. The normalized spacial score (nSPS) is 17.5. The molecule has 0 amide bonds. The number of hydrogen-bond acceptors (Lipinski definition) is 4. The van der Waals surface area contributed by atoms with Gasteiger partial charge in [-0.15, -0.1) is 0 Å². The molecular formula is C18H13ClFNO4. The van der Waals surface area contributed by atoms with Crippen molar-refractivity contribution in [3.8, 4) is 0 Å². The van der Waals surface area contributed by atoms with Gasteiger partial charge in [0.1, 0.15) is 11.4 Å². The summed E-state index contributed by atoms with van der Waals surface area (Å²) in [6.07, 6.45) is 0.570. The quantitative estimate of drug-likeness (QED) is 0.705. The second-order valence-electron chi connectivity index (χ2n) is 6.15. The van der Waals surface area contributed by atoms with E-state index in [0.29, 0.717) is 30.5 Å². The number of halogens is 2. The summed E-state index contributed by atoms with van der Waals surface area (Å²) in [6, 6.07) is 7.26. The van der Waals surface area contributed by atoms with E-state index in [-0.39, 0.29) is 21.4 Å². The van der Waals surface area contributed by atoms with Crippen LogP contribution in [0.1, 0.15) is 6.42 Å². The van der Waals surface area contributed by atoms with E-state index < -0.39 is 17.7 Å². The average Bonchev–Trinajstić information content (AvgIpc) is 3.06. The smallest absolute Gasteiger partial charge is 0.308 e. The van der Waals surface area contributed by atoms with Crippen LogP contribution in [0.5, 0.6) is 0 Å². The fourth-order valence-corrected chi connectivity index (χ4v) is 3.51. The zero-order valence-corrected chi connectivity index (χ0v) is 13.7. The lowest BCUT2D eigenvalue weighted by atomic mass is 10.1. The van der Waals surface area contributed by atoms with E-state index in [1.807, 2.05) is 4.90 Å². The summed E-state index contributed by atoms with van der Waals surface area (Å²) in [6.45, 7) is 1.02. The van der Waals surface area contributed by atoms with E-state index in [1.165, 1.54) is 0 Å². The van der Waals surface area contributed by atoms with Gasteiger partial charge in [-0.1, -0.05) is 11.6 Å². The van der Waals surface area contributed by atoms with Crippen LogP contribution in [0.2, 0.25) is 5.02 Å². The Bertz CT molecular complexity index is 1080. The first-order chi connectivity index (χ1) is 11.9. The van der Waals surface area contributed by atoms with Crippen LogP contribution in [0.15, 0.2) is 39.5 Å². The molecule has 3 aromatic rings. The van der Waals surface area contributed by atoms with Gasteiger partial charge in [-0.25, -0.2) is 4.39 Å². The minimum atomic E-state index is -0.811. The lowest BCUT2D eigenvalue weighted by molar-refractivity contribution is -0.140. The number of nitrogens with zero attached hydrogens (tertiary/aromatic N) is 1. The molecule has 128 valence electrons. The molecule has 0 saturated carbocycles. The maximum atomic E-state index is 13.5. The molecule has 1 atom stereocenters. The summed E-state index contributed by atoms with van der Waals surface area (Å²) in [5, 5.41) is 9.58. The fourth-order valence-electron chi connectivity index (χ4n) is 3.26. The Balaban J connectivity index is 1.85. The van der Waals surface area contributed by atoms with Gasteiger partial charge in [0, 0.05) is 24.8 Å². The van der Waals surface area contributed by atoms with Crippen molar-refractivity contribution in [2.24, 2.45) is 5.92 Å². The first-order valence-electron chi connectivity index (χ1n) is 7.77. The zero-order chi connectivity index (χ0) is 17.7. The van der Waals surface area contributed by atoms with Crippen LogP contribution < -0.4 is 10.3 Å². The van der Waals surface area contributed by atoms with Crippen LogP contribution >= 0.6 is 11.6 Å². The summed E-state index contributed by atoms with van der Waals surface area (Å²) < 4.78 is 19.3. The van der Waals surface area contributed by atoms with Crippen molar-refractivity contribution < 1.29 is 18.7 Å². The maximum Gasteiger partial charge on any atom is 0.308 e. The summed E-state index contributed by atoms with van der Waals surface area (Å²) in [5.74, 6) is -1.82. The highest BCUT2D eigenvalue weighted by Gasteiger charge is 2.28. The Labute approximate surface area is 146 Å². The van der Waals surface area contributed by atoms with E-state index in [2.05, 4.69) is 0 Å². The number of carboxylic acids is 1. The predicted molar refractivity (Wildman–Crippen MR) is 92.9 cm³/mol. The predicted octanol–water partition coefficient (Wildman–Crippen LogP) is 3.65. The summed E-state index contributed by atoms with van der Waals surface area (Å²) in [4.78, 5) is 25.6. The molecule has 2 heterocycles. The fraction of sp³-hybridized carbons (Fsp3) is 0.222. The second-order valence-corrected chi connectivity index (χ2v) is 6.55. The number of anilines is 1. The lowest BCUT2D eigenvalue weighted by Gasteiger charge is -2.18. The highest BCUT2D eigenvalue weighted by molar-refractivity contribution is 6.34. The molecule has 4 rings (SSSR count). The third-order valence-corrected chi connectivity index (χ3v) is 4.86. The molecule has 1 aliphatic heterocycles. The first kappa shape index (κ1) is 15.9. The number of hydrogen-bond donors (Lipinski definition) is 1. The van der Waals surface area contributed by atoms with Gasteiger partial charge in [0.2, 0.25) is 5.43 Å². The third-order valence-electron chi connectivity index (χ3n) is 4.58. The number of carbonyl (C=O) groups is 1. The maximum absolute atomic E-state index is 13.5. The SMILES string of the molecule is O=C(O)C1CCN(c2ccc3c(=O)c4cc(F)cc(Cl)c4oc3c2)C1. The van der Waals surface area contributed by atoms with Gasteiger partial charge in [-0.05, 0) is 30.7 Å². The molecule has 7 heteroatoms. The molecule has 0 spiro atoms. The summed E-state index contributed by atoms with van der Waals surface area (Å²) in [5.41, 5.74) is 0.899. The van der Waals surface area contributed by atoms with Crippen LogP contribution in [-0.2, 0) is 4.79 Å². The minimum Gasteiger partial charge on any atom is -0.481 e. The number of benzene rings is 2. The van der Waals surface area contributed by atoms with Gasteiger partial charge >= 0.3 is 5.97 Å². The number of carboxylic acid groups (broad SMARTS) is 1. The Morgan fingerprint density at radius 3 is 2.80 bits per heavy atom. The lowest BCUT2D eigenvalue weighted by Crippen LogP contribution is -2.22. The molecule has 1 unspecified atom stereocenters. The van der Waals surface area contributed by atoms with E-state index in [9.17, 15) is 14.0 Å². The molecule has 1 saturated heterocycles. The van der Waals surface area contributed by atoms with Crippen molar-refractivity contribution in [2.75, 3.05) is 18.0 Å². The molecule has 5 nitrogen and oxygen atoms in total. The van der Waals surface area contributed by atoms with Crippen molar-refractivity contribution in [1.82, 2.24) is 0 Å².